The van der Waals surface area contributed by atoms with Crippen molar-refractivity contribution in [3.63, 3.8) is 0 Å². The van der Waals surface area contributed by atoms with Crippen LogP contribution in [0, 0.1) is 0 Å². The van der Waals surface area contributed by atoms with Crippen LogP contribution < -0.4 is 10.6 Å². The summed E-state index contributed by atoms with van der Waals surface area (Å²) >= 11 is 0. The van der Waals surface area contributed by atoms with E-state index in [0.29, 0.717) is 11.3 Å². The molecule has 1 aromatic heterocycles. The standard InChI is InChI=1S/C22H17N3O3/c26-20-18(22(28)25-19(20)15-9-5-2-6-10-15)21(27)24-16-11-12-17(23-13-16)14-7-3-1-4-8-14/h1-13,19,26H,(H,24,27)(H,25,28). The average molecular weight is 371 g/mol. The molecule has 0 spiro atoms. The highest BCUT2D eigenvalue weighted by molar-refractivity contribution is 6.24. The lowest BCUT2D eigenvalue weighted by Crippen LogP contribution is -2.26. The maximum atomic E-state index is 12.5. The lowest BCUT2D eigenvalue weighted by molar-refractivity contribution is -0.120. The number of hydrogen-bond acceptors (Lipinski definition) is 4. The summed E-state index contributed by atoms with van der Waals surface area (Å²) in [6.45, 7) is 0. The Kier molecular flexibility index (Phi) is 4.60. The second-order valence-electron chi connectivity index (χ2n) is 6.33. The van der Waals surface area contributed by atoms with Crippen LogP contribution in [-0.2, 0) is 9.59 Å². The zero-order chi connectivity index (χ0) is 19.5. The second-order valence-corrected chi connectivity index (χ2v) is 6.33. The zero-order valence-corrected chi connectivity index (χ0v) is 14.8. The highest BCUT2D eigenvalue weighted by atomic mass is 16.3. The van der Waals surface area contributed by atoms with E-state index in [2.05, 4.69) is 15.6 Å². The van der Waals surface area contributed by atoms with Crippen molar-refractivity contribution in [2.24, 2.45) is 0 Å². The predicted molar refractivity (Wildman–Crippen MR) is 105 cm³/mol. The van der Waals surface area contributed by atoms with Crippen LogP contribution in [0.3, 0.4) is 0 Å². The Morgan fingerprint density at radius 1 is 0.964 bits per heavy atom. The molecule has 6 nitrogen and oxygen atoms in total. The van der Waals surface area contributed by atoms with Gasteiger partial charge in [-0.3, -0.25) is 14.6 Å². The first-order valence-electron chi connectivity index (χ1n) is 8.75. The van der Waals surface area contributed by atoms with Gasteiger partial charge < -0.3 is 15.7 Å². The molecule has 0 saturated carbocycles. The van der Waals surface area contributed by atoms with Gasteiger partial charge in [-0.1, -0.05) is 60.7 Å². The third-order valence-corrected chi connectivity index (χ3v) is 4.48. The first kappa shape index (κ1) is 17.5. The summed E-state index contributed by atoms with van der Waals surface area (Å²) in [5, 5.41) is 15.7. The number of nitrogens with one attached hydrogen (secondary N) is 2. The fraction of sp³-hybridized carbons (Fsp3) is 0.0455. The Morgan fingerprint density at radius 3 is 2.29 bits per heavy atom. The number of amides is 2. The van der Waals surface area contributed by atoms with Crippen molar-refractivity contribution in [1.82, 2.24) is 10.3 Å². The van der Waals surface area contributed by atoms with Gasteiger partial charge in [0.05, 0.1) is 17.6 Å². The number of nitrogens with zero attached hydrogens (tertiary/aromatic N) is 1. The van der Waals surface area contributed by atoms with Crippen LogP contribution in [0.1, 0.15) is 11.6 Å². The molecule has 1 unspecified atom stereocenters. The molecule has 1 atom stereocenters. The number of hydrogen-bond donors (Lipinski definition) is 3. The van der Waals surface area contributed by atoms with Crippen molar-refractivity contribution in [3.05, 3.63) is 95.9 Å². The number of carbonyl (C=O) groups excluding carboxylic acids is 2. The summed E-state index contributed by atoms with van der Waals surface area (Å²) in [5.74, 6) is -1.58. The van der Waals surface area contributed by atoms with Gasteiger partial charge in [-0.2, -0.15) is 0 Å². The van der Waals surface area contributed by atoms with E-state index in [0.717, 1.165) is 11.3 Å². The molecule has 0 fully saturated rings. The van der Waals surface area contributed by atoms with Crippen LogP contribution in [-0.4, -0.2) is 21.9 Å². The number of pyridine rings is 1. The molecule has 0 bridgehead atoms. The van der Waals surface area contributed by atoms with Gasteiger partial charge in [0.25, 0.3) is 11.8 Å². The average Bonchev–Trinajstić information content (AvgIpc) is 3.04. The molecule has 1 aliphatic rings. The molecule has 0 radical (unpaired) electrons. The van der Waals surface area contributed by atoms with Crippen LogP contribution in [0.15, 0.2) is 90.3 Å². The first-order chi connectivity index (χ1) is 13.6. The predicted octanol–water partition coefficient (Wildman–Crippen LogP) is 3.37. The largest absolute Gasteiger partial charge is 0.509 e. The second kappa shape index (κ2) is 7.36. The molecule has 0 aliphatic carbocycles. The van der Waals surface area contributed by atoms with E-state index in [9.17, 15) is 14.7 Å². The van der Waals surface area contributed by atoms with Gasteiger partial charge in [-0.05, 0) is 17.7 Å². The molecule has 3 N–H and O–H groups in total. The molecule has 138 valence electrons. The highest BCUT2D eigenvalue weighted by Crippen LogP contribution is 2.29. The monoisotopic (exact) mass is 371 g/mol. The van der Waals surface area contributed by atoms with Crippen molar-refractivity contribution in [2.75, 3.05) is 5.32 Å². The molecule has 0 saturated heterocycles. The minimum Gasteiger partial charge on any atom is -0.509 e. The molecule has 2 amide bonds. The minimum atomic E-state index is -0.729. The fourth-order valence-electron chi connectivity index (χ4n) is 3.08. The summed E-state index contributed by atoms with van der Waals surface area (Å²) in [6.07, 6.45) is 1.51. The summed E-state index contributed by atoms with van der Waals surface area (Å²) in [7, 11) is 0. The number of aliphatic hydroxyl groups is 1. The van der Waals surface area contributed by atoms with E-state index in [1.807, 2.05) is 36.4 Å². The molecule has 3 aromatic rings. The number of aromatic nitrogens is 1. The van der Waals surface area contributed by atoms with Gasteiger partial charge in [0.1, 0.15) is 17.4 Å². The quantitative estimate of drug-likeness (QED) is 0.613. The van der Waals surface area contributed by atoms with E-state index in [1.165, 1.54) is 6.20 Å². The molecular weight excluding hydrogens is 354 g/mol. The molecule has 6 heteroatoms. The Morgan fingerprint density at radius 2 is 1.64 bits per heavy atom. The number of carbonyl (C=O) groups is 2. The first-order valence-corrected chi connectivity index (χ1v) is 8.75. The van der Waals surface area contributed by atoms with Gasteiger partial charge in [0, 0.05) is 5.56 Å². The zero-order valence-electron chi connectivity index (χ0n) is 14.8. The number of benzene rings is 2. The van der Waals surface area contributed by atoms with E-state index >= 15 is 0 Å². The van der Waals surface area contributed by atoms with Gasteiger partial charge in [0.2, 0.25) is 0 Å². The van der Waals surface area contributed by atoms with Gasteiger partial charge in [-0.25, -0.2) is 0 Å². The van der Waals surface area contributed by atoms with Crippen molar-refractivity contribution in [1.29, 1.82) is 0 Å². The van der Waals surface area contributed by atoms with E-state index in [1.54, 1.807) is 36.4 Å². The SMILES string of the molecule is O=C(Nc1ccc(-c2ccccc2)nc1)C1=C(O)C(c2ccccc2)NC1=O. The summed E-state index contributed by atoms with van der Waals surface area (Å²) in [5.41, 5.74) is 2.57. The van der Waals surface area contributed by atoms with E-state index in [-0.39, 0.29) is 11.3 Å². The van der Waals surface area contributed by atoms with Gasteiger partial charge in [0.15, 0.2) is 0 Å². The number of aliphatic hydroxyl groups excluding tert-OH is 1. The van der Waals surface area contributed by atoms with Crippen LogP contribution in [0.4, 0.5) is 5.69 Å². The lowest BCUT2D eigenvalue weighted by Gasteiger charge is -2.10. The maximum absolute atomic E-state index is 12.5. The van der Waals surface area contributed by atoms with E-state index < -0.39 is 17.9 Å². The normalized spacial score (nSPS) is 16.0. The number of rotatable bonds is 4. The van der Waals surface area contributed by atoms with Crippen LogP contribution in [0.2, 0.25) is 0 Å². The van der Waals surface area contributed by atoms with Crippen LogP contribution in [0.25, 0.3) is 11.3 Å². The smallest absolute Gasteiger partial charge is 0.264 e. The minimum absolute atomic E-state index is 0.289. The third-order valence-electron chi connectivity index (χ3n) is 4.48. The van der Waals surface area contributed by atoms with Crippen molar-refractivity contribution in [3.8, 4) is 11.3 Å². The van der Waals surface area contributed by atoms with Crippen LogP contribution >= 0.6 is 0 Å². The topological polar surface area (TPSA) is 91.3 Å². The number of anilines is 1. The van der Waals surface area contributed by atoms with E-state index in [4.69, 9.17) is 0 Å². The Labute approximate surface area is 161 Å². The molecule has 2 heterocycles. The fourth-order valence-corrected chi connectivity index (χ4v) is 3.08. The lowest BCUT2D eigenvalue weighted by atomic mass is 10.1. The van der Waals surface area contributed by atoms with Crippen LogP contribution in [0.5, 0.6) is 0 Å². The van der Waals surface area contributed by atoms with Crippen molar-refractivity contribution >= 4 is 17.5 Å². The Bertz CT molecular complexity index is 1050. The van der Waals surface area contributed by atoms with Crippen molar-refractivity contribution < 1.29 is 14.7 Å². The molecule has 2 aromatic carbocycles. The highest BCUT2D eigenvalue weighted by Gasteiger charge is 2.36. The molecular formula is C22H17N3O3. The Balaban J connectivity index is 1.53. The molecule has 4 rings (SSSR count). The summed E-state index contributed by atoms with van der Waals surface area (Å²) in [6, 6.07) is 21.4. The summed E-state index contributed by atoms with van der Waals surface area (Å²) in [4.78, 5) is 29.1. The third kappa shape index (κ3) is 3.35. The Hall–Kier alpha value is -3.93. The van der Waals surface area contributed by atoms with Gasteiger partial charge >= 0.3 is 0 Å². The van der Waals surface area contributed by atoms with Gasteiger partial charge in [-0.15, -0.1) is 0 Å². The molecule has 1 aliphatic heterocycles. The molecule has 28 heavy (non-hydrogen) atoms. The summed E-state index contributed by atoms with van der Waals surface area (Å²) < 4.78 is 0. The maximum Gasteiger partial charge on any atom is 0.264 e. The van der Waals surface area contributed by atoms with Crippen molar-refractivity contribution in [2.45, 2.75) is 6.04 Å².